The van der Waals surface area contributed by atoms with Crippen LogP contribution >= 0.6 is 0 Å². The van der Waals surface area contributed by atoms with Gasteiger partial charge in [0, 0.05) is 30.0 Å². The molecule has 0 aliphatic rings. The van der Waals surface area contributed by atoms with Crippen molar-refractivity contribution in [1.82, 2.24) is 20.9 Å². The second-order valence-corrected chi connectivity index (χ2v) is 11.3. The number of carbonyl (C=O) groups excluding carboxylic acids is 2. The highest BCUT2D eigenvalue weighted by Gasteiger charge is 2.25. The summed E-state index contributed by atoms with van der Waals surface area (Å²) in [5.41, 5.74) is 3.27. The van der Waals surface area contributed by atoms with Gasteiger partial charge in [-0.3, -0.25) is 9.59 Å². The van der Waals surface area contributed by atoms with Crippen LogP contribution in [0.5, 0.6) is 0 Å². The smallest absolute Gasteiger partial charge is 0.326 e. The number of nitrogens with one attached hydrogen (secondary N) is 2. The van der Waals surface area contributed by atoms with Crippen LogP contribution in [0.15, 0.2) is 131 Å². The van der Waals surface area contributed by atoms with Crippen LogP contribution in [0.1, 0.15) is 32.0 Å². The Morgan fingerprint density at radius 2 is 1.12 bits per heavy atom. The van der Waals surface area contributed by atoms with Crippen molar-refractivity contribution in [3.05, 3.63) is 156 Å². The van der Waals surface area contributed by atoms with Gasteiger partial charge >= 0.3 is 11.9 Å². The van der Waals surface area contributed by atoms with Gasteiger partial charge in [0.2, 0.25) is 5.76 Å². The fourth-order valence-corrected chi connectivity index (χ4v) is 4.92. The topological polar surface area (TPSA) is 185 Å². The van der Waals surface area contributed by atoms with E-state index in [1.54, 1.807) is 48.5 Å². The molecule has 0 fully saturated rings. The normalized spacial score (nSPS) is 11.7. The van der Waals surface area contributed by atoms with Gasteiger partial charge in [0.1, 0.15) is 46.9 Å². The number of benzene rings is 4. The Labute approximate surface area is 294 Å². The maximum atomic E-state index is 13.1. The highest BCUT2D eigenvalue weighted by molar-refractivity contribution is 6.01. The Morgan fingerprint density at radius 1 is 0.635 bits per heavy atom. The lowest BCUT2D eigenvalue weighted by molar-refractivity contribution is -0.140. The van der Waals surface area contributed by atoms with E-state index >= 15 is 0 Å². The van der Waals surface area contributed by atoms with Crippen LogP contribution in [0.25, 0.3) is 22.5 Å². The molecule has 264 valence electrons. The number of aromatic nitrogens is 2. The highest BCUT2D eigenvalue weighted by Crippen LogP contribution is 2.23. The summed E-state index contributed by atoms with van der Waals surface area (Å²) in [4.78, 5) is 47.7. The summed E-state index contributed by atoms with van der Waals surface area (Å²) in [6, 6.07) is 28.1. The van der Waals surface area contributed by atoms with Crippen LogP contribution in [0.3, 0.4) is 0 Å². The minimum absolute atomic E-state index is 0.0796. The van der Waals surface area contributed by atoms with E-state index < -0.39 is 41.7 Å². The maximum Gasteiger partial charge on any atom is 0.326 e. The Hall–Kier alpha value is -6.96. The molecule has 0 radical (unpaired) electrons. The molecule has 2 amide bonds. The molecule has 0 spiro atoms. The monoisotopic (exact) mass is 708 g/mol. The van der Waals surface area contributed by atoms with E-state index in [0.717, 1.165) is 17.4 Å². The first-order valence-electron chi connectivity index (χ1n) is 15.7. The molecule has 14 heteroatoms. The van der Waals surface area contributed by atoms with Gasteiger partial charge in [-0.1, -0.05) is 71.0 Å². The Bertz CT molecular complexity index is 2120. The third-order valence-corrected chi connectivity index (χ3v) is 7.58. The molecule has 6 rings (SSSR count). The molecule has 0 aliphatic carbocycles. The number of carbonyl (C=O) groups is 4. The van der Waals surface area contributed by atoms with Crippen molar-refractivity contribution >= 4 is 23.8 Å². The number of rotatable bonds is 12. The van der Waals surface area contributed by atoms with Crippen LogP contribution in [0.4, 0.5) is 8.78 Å². The number of aliphatic carboxylic acids is 2. The van der Waals surface area contributed by atoms with E-state index in [-0.39, 0.29) is 35.7 Å². The number of hydrogen-bond donors (Lipinski definition) is 4. The molecule has 2 aromatic heterocycles. The highest BCUT2D eigenvalue weighted by atomic mass is 19.1. The Kier molecular flexibility index (Phi) is 12.0. The molecule has 12 nitrogen and oxygen atoms in total. The van der Waals surface area contributed by atoms with Crippen molar-refractivity contribution in [1.29, 1.82) is 0 Å². The lowest BCUT2D eigenvalue weighted by Crippen LogP contribution is -2.42. The predicted molar refractivity (Wildman–Crippen MR) is 182 cm³/mol. The summed E-state index contributed by atoms with van der Waals surface area (Å²) < 4.78 is 35.9. The van der Waals surface area contributed by atoms with Crippen LogP contribution in [0.2, 0.25) is 0 Å². The second kappa shape index (κ2) is 17.1. The zero-order valence-corrected chi connectivity index (χ0v) is 27.1. The molecule has 4 aromatic carbocycles. The van der Waals surface area contributed by atoms with Crippen molar-refractivity contribution < 1.29 is 47.2 Å². The van der Waals surface area contributed by atoms with Crippen molar-refractivity contribution in [3.8, 4) is 22.5 Å². The number of carboxylic acids is 2. The largest absolute Gasteiger partial charge is 0.480 e. The number of nitrogens with zero attached hydrogens (tertiary/aromatic N) is 2. The molecule has 0 saturated carbocycles. The van der Waals surface area contributed by atoms with Crippen LogP contribution in [-0.4, -0.2) is 56.4 Å². The summed E-state index contributed by atoms with van der Waals surface area (Å²) in [5, 5.41) is 31.2. The molecule has 2 atom stereocenters. The molecule has 0 saturated heterocycles. The second-order valence-electron chi connectivity index (χ2n) is 11.3. The summed E-state index contributed by atoms with van der Waals surface area (Å²) in [6.45, 7) is 0. The molecule has 52 heavy (non-hydrogen) atoms. The first kappa shape index (κ1) is 36.3. The minimum atomic E-state index is -1.15. The third-order valence-electron chi connectivity index (χ3n) is 7.58. The van der Waals surface area contributed by atoms with Gasteiger partial charge in [-0.05, 0) is 59.7 Å². The van der Waals surface area contributed by atoms with Crippen molar-refractivity contribution in [2.24, 2.45) is 0 Å². The zero-order valence-electron chi connectivity index (χ0n) is 27.1. The van der Waals surface area contributed by atoms with E-state index in [9.17, 15) is 38.2 Å². The Morgan fingerprint density at radius 3 is 1.62 bits per heavy atom. The molecule has 0 unspecified atom stereocenters. The van der Waals surface area contributed by atoms with Crippen molar-refractivity contribution in [2.45, 2.75) is 24.9 Å². The Balaban J connectivity index is 0.000000201. The summed E-state index contributed by atoms with van der Waals surface area (Å²) in [7, 11) is 0. The zero-order chi connectivity index (χ0) is 37.0. The van der Waals surface area contributed by atoms with Crippen LogP contribution < -0.4 is 10.6 Å². The summed E-state index contributed by atoms with van der Waals surface area (Å²) in [5.74, 6) is -4.55. The van der Waals surface area contributed by atoms with E-state index in [4.69, 9.17) is 9.05 Å². The number of halogens is 2. The standard InChI is InChI=1S/2C19H15FN2O4/c20-14-8-6-13(7-9-14)17-15(11-26-22-17)18(23)21-16(19(24)25)10-12-4-2-1-3-5-12;20-14-8-6-13(7-9-14)15-11-17(26-22-15)18(23)21-16(19(24)25)10-12-4-2-1-3-5-12/h2*1-9,11,16H,10H2,(H,21,23)(H,24,25)/t2*16-/m00/s1. The number of hydrogen-bond acceptors (Lipinski definition) is 8. The SMILES string of the molecule is O=C(N[C@@H](Cc1ccccc1)C(=O)O)c1cc(-c2ccc(F)cc2)no1.O=C(N[C@@H](Cc1ccccc1)C(=O)O)c1conc1-c1ccc(F)cc1. The summed E-state index contributed by atoms with van der Waals surface area (Å²) >= 11 is 0. The van der Waals surface area contributed by atoms with Crippen LogP contribution in [0, 0.1) is 11.6 Å². The summed E-state index contributed by atoms with van der Waals surface area (Å²) in [6.07, 6.45) is 1.41. The quantitative estimate of drug-likeness (QED) is 0.121. The molecule has 0 bridgehead atoms. The van der Waals surface area contributed by atoms with E-state index in [1.165, 1.54) is 54.6 Å². The van der Waals surface area contributed by atoms with Gasteiger partial charge in [-0.15, -0.1) is 0 Å². The average Bonchev–Trinajstić information content (AvgIpc) is 3.84. The minimum Gasteiger partial charge on any atom is -0.480 e. The molecule has 4 N–H and O–H groups in total. The van der Waals surface area contributed by atoms with E-state index in [0.29, 0.717) is 16.8 Å². The number of carboxylic acid groups (broad SMARTS) is 2. The van der Waals surface area contributed by atoms with E-state index in [2.05, 4.69) is 20.9 Å². The lowest BCUT2D eigenvalue weighted by atomic mass is 10.0. The first-order chi connectivity index (χ1) is 25.1. The van der Waals surface area contributed by atoms with Gasteiger partial charge in [0.25, 0.3) is 11.8 Å². The molecular weight excluding hydrogens is 678 g/mol. The van der Waals surface area contributed by atoms with Crippen molar-refractivity contribution in [2.75, 3.05) is 0 Å². The fourth-order valence-electron chi connectivity index (χ4n) is 4.92. The van der Waals surface area contributed by atoms with E-state index in [1.807, 2.05) is 12.1 Å². The fraction of sp³-hybridized carbons (Fsp3) is 0.105. The molecular formula is C38H30F2N4O8. The number of amides is 2. The van der Waals surface area contributed by atoms with Gasteiger partial charge in [0.15, 0.2) is 0 Å². The van der Waals surface area contributed by atoms with Gasteiger partial charge in [0.05, 0.1) is 0 Å². The first-order valence-corrected chi connectivity index (χ1v) is 15.7. The predicted octanol–water partition coefficient (Wildman–Crippen LogP) is 5.81. The van der Waals surface area contributed by atoms with Gasteiger partial charge in [-0.2, -0.15) is 0 Å². The van der Waals surface area contributed by atoms with Gasteiger partial charge in [-0.25, -0.2) is 18.4 Å². The lowest BCUT2D eigenvalue weighted by Gasteiger charge is -2.14. The maximum absolute atomic E-state index is 13.1. The van der Waals surface area contributed by atoms with Gasteiger partial charge < -0.3 is 29.9 Å². The third kappa shape index (κ3) is 9.81. The molecule has 0 aliphatic heterocycles. The van der Waals surface area contributed by atoms with Crippen LogP contribution in [-0.2, 0) is 22.4 Å². The molecule has 6 aromatic rings. The van der Waals surface area contributed by atoms with Crippen molar-refractivity contribution in [3.63, 3.8) is 0 Å². The average molecular weight is 709 g/mol. The molecule has 2 heterocycles.